The molecule has 5 heteroatoms. The number of imidazole rings is 1. The van der Waals surface area contributed by atoms with Gasteiger partial charge in [0.25, 0.3) is 0 Å². The molecule has 0 unspecified atom stereocenters. The van der Waals surface area contributed by atoms with Crippen LogP contribution >= 0.6 is 11.3 Å². The highest BCUT2D eigenvalue weighted by atomic mass is 32.1. The highest BCUT2D eigenvalue weighted by Crippen LogP contribution is 2.24. The monoisotopic (exact) mass is 223 g/mol. The van der Waals surface area contributed by atoms with E-state index in [-0.39, 0.29) is 6.61 Å². The van der Waals surface area contributed by atoms with Crippen molar-refractivity contribution in [1.29, 1.82) is 0 Å². The van der Waals surface area contributed by atoms with Gasteiger partial charge in [-0.1, -0.05) is 6.92 Å². The zero-order valence-corrected chi connectivity index (χ0v) is 9.37. The van der Waals surface area contributed by atoms with Crippen molar-refractivity contribution in [2.24, 2.45) is 0 Å². The van der Waals surface area contributed by atoms with Gasteiger partial charge in [-0.05, 0) is 6.42 Å². The second-order valence-electron chi connectivity index (χ2n) is 3.26. The number of hydrogen-bond acceptors (Lipinski definition) is 4. The smallest absolute Gasteiger partial charge is 0.141 e. The maximum Gasteiger partial charge on any atom is 0.141 e. The predicted octanol–water partition coefficient (Wildman–Crippen LogP) is 1.91. The summed E-state index contributed by atoms with van der Waals surface area (Å²) < 4.78 is 2.08. The van der Waals surface area contributed by atoms with E-state index in [2.05, 4.69) is 21.5 Å². The summed E-state index contributed by atoms with van der Waals surface area (Å²) in [6.07, 6.45) is 6.42. The van der Waals surface area contributed by atoms with Crippen LogP contribution in [0.3, 0.4) is 0 Å². The van der Waals surface area contributed by atoms with Crippen molar-refractivity contribution in [3.05, 3.63) is 23.6 Å². The number of aliphatic hydroxyl groups is 1. The molecular weight excluding hydrogens is 210 g/mol. The lowest BCUT2D eigenvalue weighted by molar-refractivity contribution is 0.285. The Morgan fingerprint density at radius 3 is 3.00 bits per heavy atom. The molecule has 15 heavy (non-hydrogen) atoms. The minimum absolute atomic E-state index is 0.0551. The standard InChI is InChI=1S/C10H13N3OS/c1-2-3-13-7-11-5-9(13)10-12-4-8(6-14)15-10/h4-5,7,14H,2-3,6H2,1H3. The Labute approximate surface area is 92.2 Å². The Hall–Kier alpha value is -1.20. The Bertz CT molecular complexity index is 435. The lowest BCUT2D eigenvalue weighted by atomic mass is 10.4. The first kappa shape index (κ1) is 10.3. The van der Waals surface area contributed by atoms with Gasteiger partial charge < -0.3 is 9.67 Å². The van der Waals surface area contributed by atoms with Crippen LogP contribution in [-0.4, -0.2) is 19.6 Å². The maximum atomic E-state index is 8.97. The van der Waals surface area contributed by atoms with Crippen molar-refractivity contribution in [2.45, 2.75) is 26.5 Å². The highest BCUT2D eigenvalue weighted by molar-refractivity contribution is 7.14. The van der Waals surface area contributed by atoms with Crippen LogP contribution in [0.25, 0.3) is 10.7 Å². The second-order valence-corrected chi connectivity index (χ2v) is 4.38. The SMILES string of the molecule is CCCn1cncc1-c1ncc(CO)s1. The van der Waals surface area contributed by atoms with Crippen LogP contribution in [0.2, 0.25) is 0 Å². The summed E-state index contributed by atoms with van der Waals surface area (Å²) in [7, 11) is 0. The van der Waals surface area contributed by atoms with Crippen molar-refractivity contribution in [3.8, 4) is 10.7 Å². The topological polar surface area (TPSA) is 50.9 Å². The van der Waals surface area contributed by atoms with Crippen molar-refractivity contribution in [1.82, 2.24) is 14.5 Å². The Kier molecular flexibility index (Phi) is 3.13. The fourth-order valence-corrected chi connectivity index (χ4v) is 2.22. The number of aliphatic hydroxyl groups excluding tert-OH is 1. The molecule has 0 spiro atoms. The first-order valence-corrected chi connectivity index (χ1v) is 5.73. The van der Waals surface area contributed by atoms with Crippen LogP contribution in [0, 0.1) is 0 Å². The van der Waals surface area contributed by atoms with E-state index >= 15 is 0 Å². The van der Waals surface area contributed by atoms with Crippen molar-refractivity contribution in [2.75, 3.05) is 0 Å². The van der Waals surface area contributed by atoms with Gasteiger partial charge >= 0.3 is 0 Å². The van der Waals surface area contributed by atoms with Gasteiger partial charge in [-0.15, -0.1) is 11.3 Å². The molecule has 0 aliphatic heterocycles. The number of aryl methyl sites for hydroxylation is 1. The van der Waals surface area contributed by atoms with Crippen LogP contribution in [0.5, 0.6) is 0 Å². The van der Waals surface area contributed by atoms with Gasteiger partial charge in [-0.25, -0.2) is 9.97 Å². The molecule has 2 aromatic heterocycles. The molecule has 80 valence electrons. The molecule has 0 fully saturated rings. The molecule has 1 N–H and O–H groups in total. The summed E-state index contributed by atoms with van der Waals surface area (Å²) in [5.74, 6) is 0. The fourth-order valence-electron chi connectivity index (χ4n) is 1.42. The highest BCUT2D eigenvalue weighted by Gasteiger charge is 2.08. The lowest BCUT2D eigenvalue weighted by Crippen LogP contribution is -1.96. The maximum absolute atomic E-state index is 8.97. The van der Waals surface area contributed by atoms with E-state index in [4.69, 9.17) is 5.11 Å². The van der Waals surface area contributed by atoms with E-state index in [1.807, 2.05) is 12.5 Å². The normalized spacial score (nSPS) is 10.8. The largest absolute Gasteiger partial charge is 0.391 e. The van der Waals surface area contributed by atoms with Gasteiger partial charge in [0.15, 0.2) is 0 Å². The summed E-state index contributed by atoms with van der Waals surface area (Å²) in [5.41, 5.74) is 1.03. The molecule has 0 atom stereocenters. The second kappa shape index (κ2) is 4.55. The Balaban J connectivity index is 2.31. The van der Waals surface area contributed by atoms with E-state index in [0.717, 1.165) is 28.5 Å². The fraction of sp³-hybridized carbons (Fsp3) is 0.400. The predicted molar refractivity (Wildman–Crippen MR) is 59.5 cm³/mol. The number of thiazole rings is 1. The Morgan fingerprint density at radius 2 is 2.33 bits per heavy atom. The number of hydrogen-bond donors (Lipinski definition) is 1. The molecule has 0 aliphatic carbocycles. The van der Waals surface area contributed by atoms with Crippen molar-refractivity contribution in [3.63, 3.8) is 0 Å². The molecule has 0 amide bonds. The Morgan fingerprint density at radius 1 is 1.47 bits per heavy atom. The van der Waals surface area contributed by atoms with Gasteiger partial charge in [0.05, 0.1) is 29.7 Å². The zero-order chi connectivity index (χ0) is 10.7. The molecular formula is C10H13N3OS. The number of rotatable bonds is 4. The molecule has 4 nitrogen and oxygen atoms in total. The first-order valence-electron chi connectivity index (χ1n) is 4.91. The summed E-state index contributed by atoms with van der Waals surface area (Å²) in [5, 5.41) is 9.89. The molecule has 2 heterocycles. The summed E-state index contributed by atoms with van der Waals surface area (Å²) in [6.45, 7) is 3.13. The van der Waals surface area contributed by atoms with Crippen molar-refractivity contribution < 1.29 is 5.11 Å². The molecule has 0 radical (unpaired) electrons. The third kappa shape index (κ3) is 2.08. The van der Waals surface area contributed by atoms with Crippen LogP contribution < -0.4 is 0 Å². The van der Waals surface area contributed by atoms with E-state index < -0.39 is 0 Å². The van der Waals surface area contributed by atoms with Gasteiger partial charge in [-0.3, -0.25) is 0 Å². The molecule has 2 rings (SSSR count). The van der Waals surface area contributed by atoms with Crippen LogP contribution in [-0.2, 0) is 13.2 Å². The molecule has 0 bridgehead atoms. The van der Waals surface area contributed by atoms with Gasteiger partial charge in [0.1, 0.15) is 5.01 Å². The van der Waals surface area contributed by atoms with Gasteiger partial charge in [0, 0.05) is 12.7 Å². The van der Waals surface area contributed by atoms with Gasteiger partial charge in [0.2, 0.25) is 0 Å². The molecule has 0 aromatic carbocycles. The molecule has 0 aliphatic rings. The summed E-state index contributed by atoms with van der Waals surface area (Å²) in [4.78, 5) is 9.27. The minimum Gasteiger partial charge on any atom is -0.391 e. The van der Waals surface area contributed by atoms with Crippen LogP contribution in [0.1, 0.15) is 18.2 Å². The third-order valence-corrected chi connectivity index (χ3v) is 3.11. The van der Waals surface area contributed by atoms with E-state index in [0.29, 0.717) is 0 Å². The van der Waals surface area contributed by atoms with Crippen LogP contribution in [0.15, 0.2) is 18.7 Å². The van der Waals surface area contributed by atoms with E-state index in [1.165, 1.54) is 11.3 Å². The van der Waals surface area contributed by atoms with Crippen molar-refractivity contribution >= 4 is 11.3 Å². The molecule has 2 aromatic rings. The first-order chi connectivity index (χ1) is 7.35. The third-order valence-electron chi connectivity index (χ3n) is 2.11. The van der Waals surface area contributed by atoms with Crippen LogP contribution in [0.4, 0.5) is 0 Å². The van der Waals surface area contributed by atoms with E-state index in [9.17, 15) is 0 Å². The van der Waals surface area contributed by atoms with E-state index in [1.54, 1.807) is 6.20 Å². The number of aromatic nitrogens is 3. The molecule has 0 saturated carbocycles. The average Bonchev–Trinajstić information content (AvgIpc) is 2.85. The summed E-state index contributed by atoms with van der Waals surface area (Å²) >= 11 is 1.51. The van der Waals surface area contributed by atoms with Gasteiger partial charge in [-0.2, -0.15) is 0 Å². The average molecular weight is 223 g/mol. The minimum atomic E-state index is 0.0551. The molecule has 0 saturated heterocycles. The number of nitrogens with zero attached hydrogens (tertiary/aromatic N) is 3. The lowest BCUT2D eigenvalue weighted by Gasteiger charge is -2.02. The zero-order valence-electron chi connectivity index (χ0n) is 8.55. The summed E-state index contributed by atoms with van der Waals surface area (Å²) in [6, 6.07) is 0. The quantitative estimate of drug-likeness (QED) is 0.861.